The third-order valence-corrected chi connectivity index (χ3v) is 14.8. The summed E-state index contributed by atoms with van der Waals surface area (Å²) in [4.78, 5) is 24.6. The van der Waals surface area contributed by atoms with Crippen molar-refractivity contribution in [3.63, 3.8) is 0 Å². The summed E-state index contributed by atoms with van der Waals surface area (Å²) in [6.45, 7) is 4.92. The Morgan fingerprint density at radius 1 is 0.391 bits per heavy atom. The standard InChI is InChI=1S/C63H123NO5/c1-3-5-7-9-11-13-15-17-19-21-23-25-27-31-35-39-43-47-51-55-61(66)60(59-65)64-62(67)56-52-48-44-40-36-32-29-30-34-38-42-46-50-54-58-69-63(68)57-53-49-45-41-37-33-28-26-24-22-20-18-16-14-12-10-8-6-4-2/h51,55,60-61,65-66H,3-50,52-54,56-59H2,1-2H3,(H,64,67)/b55-51+. The molecule has 0 aromatic rings. The number of aliphatic hydroxyl groups excluding tert-OH is 2. The third-order valence-electron chi connectivity index (χ3n) is 14.8. The molecule has 0 radical (unpaired) electrons. The van der Waals surface area contributed by atoms with Crippen molar-refractivity contribution in [2.75, 3.05) is 13.2 Å². The number of carbonyl (C=O) groups is 2. The van der Waals surface area contributed by atoms with E-state index in [-0.39, 0.29) is 18.5 Å². The van der Waals surface area contributed by atoms with Crippen LogP contribution in [0.15, 0.2) is 12.2 Å². The van der Waals surface area contributed by atoms with E-state index in [1.807, 2.05) is 6.08 Å². The molecule has 69 heavy (non-hydrogen) atoms. The van der Waals surface area contributed by atoms with Gasteiger partial charge in [0.15, 0.2) is 0 Å². The first-order chi connectivity index (χ1) is 34.0. The van der Waals surface area contributed by atoms with Crippen molar-refractivity contribution in [3.05, 3.63) is 12.2 Å². The minimum atomic E-state index is -0.851. The summed E-state index contributed by atoms with van der Waals surface area (Å²) >= 11 is 0. The van der Waals surface area contributed by atoms with Crippen molar-refractivity contribution in [1.29, 1.82) is 0 Å². The Kier molecular flexibility index (Phi) is 58.0. The number of unbranched alkanes of at least 4 members (excludes halogenated alkanes) is 48. The molecular formula is C63H123NO5. The number of hydrogen-bond donors (Lipinski definition) is 3. The Hall–Kier alpha value is -1.40. The molecule has 0 bridgehead atoms. The van der Waals surface area contributed by atoms with E-state index < -0.39 is 12.1 Å². The molecule has 2 atom stereocenters. The highest BCUT2D eigenvalue weighted by atomic mass is 16.5. The van der Waals surface area contributed by atoms with Gasteiger partial charge in [-0.05, 0) is 32.1 Å². The Balaban J connectivity index is 3.43. The number of esters is 1. The largest absolute Gasteiger partial charge is 0.466 e. The van der Waals surface area contributed by atoms with Gasteiger partial charge in [-0.15, -0.1) is 0 Å². The molecule has 3 N–H and O–H groups in total. The van der Waals surface area contributed by atoms with Crippen LogP contribution in [-0.4, -0.2) is 47.4 Å². The van der Waals surface area contributed by atoms with E-state index in [0.717, 1.165) is 57.8 Å². The maximum Gasteiger partial charge on any atom is 0.305 e. The number of aliphatic hydroxyl groups is 2. The van der Waals surface area contributed by atoms with Crippen LogP contribution >= 0.6 is 0 Å². The van der Waals surface area contributed by atoms with Gasteiger partial charge in [0.05, 0.1) is 25.4 Å². The van der Waals surface area contributed by atoms with Crippen molar-refractivity contribution < 1.29 is 24.5 Å². The van der Waals surface area contributed by atoms with Gasteiger partial charge >= 0.3 is 5.97 Å². The number of carbonyl (C=O) groups excluding carboxylic acids is 2. The summed E-state index contributed by atoms with van der Waals surface area (Å²) < 4.78 is 5.50. The lowest BCUT2D eigenvalue weighted by atomic mass is 10.0. The van der Waals surface area contributed by atoms with E-state index in [2.05, 4.69) is 19.2 Å². The van der Waals surface area contributed by atoms with Gasteiger partial charge in [-0.3, -0.25) is 9.59 Å². The van der Waals surface area contributed by atoms with Gasteiger partial charge < -0.3 is 20.3 Å². The van der Waals surface area contributed by atoms with Crippen molar-refractivity contribution in [3.8, 4) is 0 Å². The van der Waals surface area contributed by atoms with Crippen LogP contribution in [0.2, 0.25) is 0 Å². The van der Waals surface area contributed by atoms with Crippen LogP contribution < -0.4 is 5.32 Å². The molecule has 6 heteroatoms. The van der Waals surface area contributed by atoms with Crippen LogP contribution in [0.1, 0.15) is 354 Å². The first-order valence-electron chi connectivity index (χ1n) is 31.5. The topological polar surface area (TPSA) is 95.9 Å². The van der Waals surface area contributed by atoms with E-state index in [0.29, 0.717) is 19.4 Å². The minimum absolute atomic E-state index is 0.00235. The minimum Gasteiger partial charge on any atom is -0.466 e. The van der Waals surface area contributed by atoms with Crippen LogP contribution in [0, 0.1) is 0 Å². The monoisotopic (exact) mass is 974 g/mol. The number of amides is 1. The van der Waals surface area contributed by atoms with E-state index in [9.17, 15) is 19.8 Å². The maximum absolute atomic E-state index is 12.5. The second-order valence-electron chi connectivity index (χ2n) is 21.8. The average molecular weight is 975 g/mol. The van der Waals surface area contributed by atoms with Crippen molar-refractivity contribution >= 4 is 11.9 Å². The third kappa shape index (κ3) is 55.8. The summed E-state index contributed by atoms with van der Waals surface area (Å²) in [5.74, 6) is -0.0723. The number of nitrogens with one attached hydrogen (secondary N) is 1. The molecule has 0 aliphatic carbocycles. The zero-order chi connectivity index (χ0) is 50.0. The van der Waals surface area contributed by atoms with Gasteiger partial charge in [-0.2, -0.15) is 0 Å². The van der Waals surface area contributed by atoms with E-state index in [1.54, 1.807) is 6.08 Å². The number of rotatable bonds is 59. The predicted molar refractivity (Wildman–Crippen MR) is 301 cm³/mol. The fraction of sp³-hybridized carbons (Fsp3) is 0.937. The highest BCUT2D eigenvalue weighted by Crippen LogP contribution is 2.18. The smallest absolute Gasteiger partial charge is 0.305 e. The Morgan fingerprint density at radius 2 is 0.667 bits per heavy atom. The van der Waals surface area contributed by atoms with Crippen molar-refractivity contribution in [2.45, 2.75) is 366 Å². The van der Waals surface area contributed by atoms with Crippen LogP contribution in [-0.2, 0) is 14.3 Å². The molecule has 0 aliphatic heterocycles. The van der Waals surface area contributed by atoms with Gasteiger partial charge in [0.25, 0.3) is 0 Å². The fourth-order valence-corrected chi connectivity index (χ4v) is 9.99. The van der Waals surface area contributed by atoms with E-state index in [4.69, 9.17) is 4.74 Å². The molecule has 1 amide bonds. The molecule has 0 aliphatic rings. The van der Waals surface area contributed by atoms with Crippen molar-refractivity contribution in [2.24, 2.45) is 0 Å². The molecule has 0 aromatic carbocycles. The Labute approximate surface area is 431 Å². The summed E-state index contributed by atoms with van der Waals surface area (Å²) in [7, 11) is 0. The molecule has 0 heterocycles. The summed E-state index contributed by atoms with van der Waals surface area (Å²) in [6.07, 6.45) is 71.0. The Bertz CT molecular complexity index is 1030. The van der Waals surface area contributed by atoms with Gasteiger partial charge in [0.1, 0.15) is 0 Å². The van der Waals surface area contributed by atoms with E-state index >= 15 is 0 Å². The summed E-state index contributed by atoms with van der Waals surface area (Å²) in [5, 5.41) is 23.2. The van der Waals surface area contributed by atoms with Gasteiger partial charge in [-0.1, -0.05) is 321 Å². The quantitative estimate of drug-likeness (QED) is 0.0321. The normalized spacial score (nSPS) is 12.6. The van der Waals surface area contributed by atoms with Crippen LogP contribution in [0.3, 0.4) is 0 Å². The second-order valence-corrected chi connectivity index (χ2v) is 21.8. The molecule has 0 aromatic heterocycles. The summed E-state index contributed by atoms with van der Waals surface area (Å²) in [5.41, 5.74) is 0. The Morgan fingerprint density at radius 3 is 0.986 bits per heavy atom. The molecule has 0 saturated heterocycles. The molecule has 0 fully saturated rings. The highest BCUT2D eigenvalue weighted by molar-refractivity contribution is 5.76. The molecule has 2 unspecified atom stereocenters. The molecule has 6 nitrogen and oxygen atoms in total. The average Bonchev–Trinajstić information content (AvgIpc) is 3.35. The van der Waals surface area contributed by atoms with Crippen LogP contribution in [0.5, 0.6) is 0 Å². The number of ether oxygens (including phenoxy) is 1. The number of hydrogen-bond acceptors (Lipinski definition) is 5. The molecule has 0 saturated carbocycles. The second kappa shape index (κ2) is 59.2. The van der Waals surface area contributed by atoms with Gasteiger partial charge in [0, 0.05) is 12.8 Å². The molecule has 410 valence electrons. The first-order valence-corrected chi connectivity index (χ1v) is 31.5. The lowest BCUT2D eigenvalue weighted by molar-refractivity contribution is -0.143. The molecule has 0 rings (SSSR count). The number of allylic oxidation sites excluding steroid dienone is 1. The SMILES string of the molecule is CCCCCCCCCCCCCCCCCCC/C=C/C(O)C(CO)NC(=O)CCCCCCCCCCCCCCCCOC(=O)CCCCCCCCCCCCCCCCCCCCC. The lowest BCUT2D eigenvalue weighted by Gasteiger charge is -2.20. The maximum atomic E-state index is 12.5. The van der Waals surface area contributed by atoms with E-state index in [1.165, 1.54) is 270 Å². The fourth-order valence-electron chi connectivity index (χ4n) is 9.99. The van der Waals surface area contributed by atoms with Crippen LogP contribution in [0.25, 0.3) is 0 Å². The summed E-state index contributed by atoms with van der Waals surface area (Å²) in [6, 6.07) is -0.635. The lowest BCUT2D eigenvalue weighted by Crippen LogP contribution is -2.45. The predicted octanol–water partition coefficient (Wildman–Crippen LogP) is 19.6. The first kappa shape index (κ1) is 67.6. The highest BCUT2D eigenvalue weighted by Gasteiger charge is 2.18. The molecular weight excluding hydrogens is 851 g/mol. The zero-order valence-corrected chi connectivity index (χ0v) is 46.8. The van der Waals surface area contributed by atoms with Gasteiger partial charge in [-0.25, -0.2) is 0 Å². The van der Waals surface area contributed by atoms with Crippen LogP contribution in [0.4, 0.5) is 0 Å². The van der Waals surface area contributed by atoms with Gasteiger partial charge in [0.2, 0.25) is 5.91 Å². The van der Waals surface area contributed by atoms with Crippen molar-refractivity contribution in [1.82, 2.24) is 5.32 Å². The zero-order valence-electron chi connectivity index (χ0n) is 46.8. The molecule has 0 spiro atoms.